The Hall–Kier alpha value is -1.92. The summed E-state index contributed by atoms with van der Waals surface area (Å²) in [6.45, 7) is 6.62. The van der Waals surface area contributed by atoms with Gasteiger partial charge in [0, 0.05) is 31.9 Å². The third-order valence-electron chi connectivity index (χ3n) is 5.59. The van der Waals surface area contributed by atoms with E-state index in [0.717, 1.165) is 51.8 Å². The van der Waals surface area contributed by atoms with Gasteiger partial charge in [-0.15, -0.1) is 6.58 Å². The molecule has 1 N–H and O–H groups in total. The number of nitrogens with one attached hydrogen (secondary N) is 1. The quantitative estimate of drug-likeness (QED) is 0.420. The van der Waals surface area contributed by atoms with Crippen LogP contribution in [0.1, 0.15) is 44.9 Å². The Labute approximate surface area is 174 Å². The third-order valence-corrected chi connectivity index (χ3v) is 5.59. The van der Waals surface area contributed by atoms with Crippen LogP contribution < -0.4 is 5.32 Å². The summed E-state index contributed by atoms with van der Waals surface area (Å²) in [6, 6.07) is 5.90. The van der Waals surface area contributed by atoms with E-state index in [1.165, 1.54) is 25.0 Å². The molecule has 1 aromatic rings. The highest BCUT2D eigenvalue weighted by atomic mass is 19.1. The molecule has 5 nitrogen and oxygen atoms in total. The van der Waals surface area contributed by atoms with E-state index in [4.69, 9.17) is 4.74 Å². The Morgan fingerprint density at radius 2 is 1.86 bits per heavy atom. The van der Waals surface area contributed by atoms with Gasteiger partial charge < -0.3 is 19.9 Å². The number of nitrogens with zero attached hydrogens (tertiary/aromatic N) is 2. The summed E-state index contributed by atoms with van der Waals surface area (Å²) in [7, 11) is 3.95. The number of amides is 2. The third kappa shape index (κ3) is 8.54. The summed E-state index contributed by atoms with van der Waals surface area (Å²) in [4.78, 5) is 16.5. The number of hydrogen-bond donors (Lipinski definition) is 1. The van der Waals surface area contributed by atoms with Crippen molar-refractivity contribution >= 4 is 11.7 Å². The number of anilines is 1. The van der Waals surface area contributed by atoms with Gasteiger partial charge in [0.25, 0.3) is 0 Å². The average Bonchev–Trinajstić information content (AvgIpc) is 2.72. The Bertz CT molecular complexity index is 615. The normalized spacial score (nSPS) is 19.2. The monoisotopic (exact) mass is 405 g/mol. The van der Waals surface area contributed by atoms with Crippen LogP contribution in [0, 0.1) is 5.82 Å². The summed E-state index contributed by atoms with van der Waals surface area (Å²) in [6.07, 6.45) is 9.59. The molecule has 0 aliphatic heterocycles. The molecule has 29 heavy (non-hydrogen) atoms. The molecule has 0 radical (unpaired) electrons. The molecule has 2 amide bonds. The lowest BCUT2D eigenvalue weighted by Gasteiger charge is -2.34. The van der Waals surface area contributed by atoms with Crippen LogP contribution in [0.15, 0.2) is 36.9 Å². The highest BCUT2D eigenvalue weighted by Gasteiger charge is 2.27. The lowest BCUT2D eigenvalue weighted by Crippen LogP contribution is -2.42. The van der Waals surface area contributed by atoms with Crippen molar-refractivity contribution in [2.45, 2.75) is 57.1 Å². The fourth-order valence-electron chi connectivity index (χ4n) is 3.73. The van der Waals surface area contributed by atoms with Crippen LogP contribution in [0.2, 0.25) is 0 Å². The molecule has 0 bridgehead atoms. The van der Waals surface area contributed by atoms with Crippen molar-refractivity contribution in [3.8, 4) is 0 Å². The summed E-state index contributed by atoms with van der Waals surface area (Å²) in [5.41, 5.74) is 0.607. The van der Waals surface area contributed by atoms with Crippen LogP contribution in [-0.2, 0) is 4.74 Å². The number of unbranched alkanes of at least 4 members (excludes halogenated alkanes) is 2. The number of ether oxygens (including phenoxy) is 1. The smallest absolute Gasteiger partial charge is 0.321 e. The first-order valence-corrected chi connectivity index (χ1v) is 10.7. The van der Waals surface area contributed by atoms with Crippen molar-refractivity contribution in [3.63, 3.8) is 0 Å². The molecule has 0 aromatic heterocycles. The molecule has 1 aliphatic rings. The summed E-state index contributed by atoms with van der Waals surface area (Å²) >= 11 is 0. The highest BCUT2D eigenvalue weighted by molar-refractivity contribution is 5.89. The fraction of sp³-hybridized carbons (Fsp3) is 0.609. The van der Waals surface area contributed by atoms with Crippen LogP contribution in [0.5, 0.6) is 0 Å². The van der Waals surface area contributed by atoms with Crippen molar-refractivity contribution in [2.24, 2.45) is 0 Å². The molecular formula is C23H36FN3O2. The number of benzene rings is 1. The molecule has 1 saturated carbocycles. The zero-order valence-electron chi connectivity index (χ0n) is 17.9. The molecule has 1 fully saturated rings. The second kappa shape index (κ2) is 12.6. The van der Waals surface area contributed by atoms with Crippen LogP contribution >= 0.6 is 0 Å². The molecule has 0 unspecified atom stereocenters. The lowest BCUT2D eigenvalue weighted by atomic mass is 9.92. The van der Waals surface area contributed by atoms with Gasteiger partial charge in [-0.3, -0.25) is 0 Å². The molecule has 6 heteroatoms. The van der Waals surface area contributed by atoms with E-state index >= 15 is 0 Å². The first-order valence-electron chi connectivity index (χ1n) is 10.7. The van der Waals surface area contributed by atoms with Crippen LogP contribution in [0.4, 0.5) is 14.9 Å². The van der Waals surface area contributed by atoms with Gasteiger partial charge >= 0.3 is 6.03 Å². The molecule has 0 heterocycles. The van der Waals surface area contributed by atoms with Gasteiger partial charge in [0.1, 0.15) is 5.82 Å². The van der Waals surface area contributed by atoms with Crippen LogP contribution in [0.3, 0.4) is 0 Å². The second-order valence-electron chi connectivity index (χ2n) is 7.96. The Morgan fingerprint density at radius 3 is 2.52 bits per heavy atom. The van der Waals surface area contributed by atoms with Crippen molar-refractivity contribution < 1.29 is 13.9 Å². The number of likely N-dealkylation sites (N-methyl/N-ethyl adjacent to an activating group) is 1. The maximum atomic E-state index is 13.0. The first-order chi connectivity index (χ1) is 14.0. The summed E-state index contributed by atoms with van der Waals surface area (Å²) in [5, 5.41) is 2.83. The zero-order valence-corrected chi connectivity index (χ0v) is 17.9. The van der Waals surface area contributed by atoms with Gasteiger partial charge in [-0.1, -0.05) is 6.08 Å². The van der Waals surface area contributed by atoms with Gasteiger partial charge in [-0.25, -0.2) is 9.18 Å². The van der Waals surface area contributed by atoms with E-state index < -0.39 is 0 Å². The molecule has 1 aliphatic carbocycles. The highest BCUT2D eigenvalue weighted by Crippen LogP contribution is 2.25. The summed E-state index contributed by atoms with van der Waals surface area (Å²) in [5.74, 6) is -0.310. The summed E-state index contributed by atoms with van der Waals surface area (Å²) < 4.78 is 19.0. The second-order valence-corrected chi connectivity index (χ2v) is 7.96. The molecule has 0 saturated heterocycles. The standard InChI is InChI=1S/C23H36FN3O2/c1-4-16-26(2)17-6-5-7-18-29-22-14-12-21(13-15-22)27(3)23(28)25-20-10-8-19(24)9-11-20/h4,8-11,21-22H,1,5-7,12-18H2,2-3H3,(H,25,28). The van der Waals surface area contributed by atoms with Gasteiger partial charge in [0.05, 0.1) is 6.10 Å². The molecule has 2 rings (SSSR count). The number of rotatable bonds is 11. The van der Waals surface area contributed by atoms with Crippen molar-refractivity contribution in [1.29, 1.82) is 0 Å². The van der Waals surface area contributed by atoms with Gasteiger partial charge in [0.2, 0.25) is 0 Å². The van der Waals surface area contributed by atoms with E-state index in [-0.39, 0.29) is 17.9 Å². The SMILES string of the molecule is C=CCN(C)CCCCCOC1CCC(N(C)C(=O)Nc2ccc(F)cc2)CC1. The van der Waals surface area contributed by atoms with Crippen molar-refractivity contribution in [1.82, 2.24) is 9.80 Å². The number of urea groups is 1. The number of hydrogen-bond acceptors (Lipinski definition) is 3. The number of carbonyl (C=O) groups excluding carboxylic acids is 1. The number of halogens is 1. The maximum absolute atomic E-state index is 13.0. The minimum Gasteiger partial charge on any atom is -0.378 e. The van der Waals surface area contributed by atoms with Gasteiger partial charge in [-0.05, 0) is 82.8 Å². The molecule has 0 spiro atoms. The van der Waals surface area contributed by atoms with E-state index in [9.17, 15) is 9.18 Å². The minimum atomic E-state index is -0.310. The Morgan fingerprint density at radius 1 is 1.17 bits per heavy atom. The predicted octanol–water partition coefficient (Wildman–Crippen LogP) is 4.91. The Balaban J connectivity index is 1.58. The Kier molecular flexibility index (Phi) is 10.2. The van der Waals surface area contributed by atoms with E-state index in [2.05, 4.69) is 23.8 Å². The maximum Gasteiger partial charge on any atom is 0.321 e. The van der Waals surface area contributed by atoms with Gasteiger partial charge in [0.15, 0.2) is 0 Å². The lowest BCUT2D eigenvalue weighted by molar-refractivity contribution is 0.0130. The van der Waals surface area contributed by atoms with Gasteiger partial charge in [-0.2, -0.15) is 0 Å². The first kappa shape index (κ1) is 23.4. The average molecular weight is 406 g/mol. The molecular weight excluding hydrogens is 369 g/mol. The van der Waals surface area contributed by atoms with Crippen molar-refractivity contribution in [2.75, 3.05) is 39.1 Å². The van der Waals surface area contributed by atoms with Crippen LogP contribution in [0.25, 0.3) is 0 Å². The van der Waals surface area contributed by atoms with E-state index in [1.807, 2.05) is 13.1 Å². The predicted molar refractivity (Wildman–Crippen MR) is 117 cm³/mol. The minimum absolute atomic E-state index is 0.151. The molecule has 162 valence electrons. The van der Waals surface area contributed by atoms with E-state index in [1.54, 1.807) is 17.0 Å². The fourth-order valence-corrected chi connectivity index (χ4v) is 3.73. The largest absolute Gasteiger partial charge is 0.378 e. The van der Waals surface area contributed by atoms with E-state index in [0.29, 0.717) is 11.8 Å². The number of carbonyl (C=O) groups is 1. The molecule has 1 aromatic carbocycles. The van der Waals surface area contributed by atoms with Crippen LogP contribution in [-0.4, -0.2) is 61.8 Å². The topological polar surface area (TPSA) is 44.8 Å². The molecule has 0 atom stereocenters. The van der Waals surface area contributed by atoms with Crippen molar-refractivity contribution in [3.05, 3.63) is 42.7 Å². The zero-order chi connectivity index (χ0) is 21.1.